The van der Waals surface area contributed by atoms with Crippen LogP contribution in [-0.2, 0) is 19.1 Å². The fraction of sp³-hybridized carbons (Fsp3) is 0.857. The molecule has 5 nitrogen and oxygen atoms in total. The zero-order valence-electron chi connectivity index (χ0n) is 11.5. The minimum Gasteiger partial charge on any atom is -0.461 e. The van der Waals surface area contributed by atoms with Gasteiger partial charge in [0, 0.05) is 13.5 Å². The molecule has 1 N–H and O–H groups in total. The first kappa shape index (κ1) is 14.3. The fourth-order valence-electron chi connectivity index (χ4n) is 2.92. The molecule has 0 aromatic carbocycles. The Balaban J connectivity index is 1.84. The van der Waals surface area contributed by atoms with Crippen LogP contribution in [0.4, 0.5) is 0 Å². The second kappa shape index (κ2) is 6.89. The van der Waals surface area contributed by atoms with Crippen LogP contribution < -0.4 is 5.32 Å². The molecule has 1 saturated heterocycles. The van der Waals surface area contributed by atoms with E-state index in [1.165, 1.54) is 6.92 Å². The molecule has 1 saturated carbocycles. The van der Waals surface area contributed by atoms with Gasteiger partial charge in [0.2, 0.25) is 5.91 Å². The van der Waals surface area contributed by atoms with Crippen molar-refractivity contribution in [3.05, 3.63) is 0 Å². The van der Waals surface area contributed by atoms with Gasteiger partial charge in [-0.05, 0) is 31.6 Å². The monoisotopic (exact) mass is 269 g/mol. The molecule has 5 heteroatoms. The van der Waals surface area contributed by atoms with Crippen molar-refractivity contribution in [2.45, 2.75) is 57.6 Å². The van der Waals surface area contributed by atoms with Gasteiger partial charge in [-0.3, -0.25) is 4.79 Å². The molecule has 0 aromatic rings. The number of esters is 1. The van der Waals surface area contributed by atoms with Crippen LogP contribution in [0.15, 0.2) is 0 Å². The Kier molecular flexibility index (Phi) is 5.19. The van der Waals surface area contributed by atoms with Crippen LogP contribution in [0.3, 0.4) is 0 Å². The van der Waals surface area contributed by atoms with E-state index in [2.05, 4.69) is 5.32 Å². The van der Waals surface area contributed by atoms with Crippen LogP contribution >= 0.6 is 0 Å². The summed E-state index contributed by atoms with van der Waals surface area (Å²) >= 11 is 0. The summed E-state index contributed by atoms with van der Waals surface area (Å²) in [5.41, 5.74) is 0. The first-order valence-electron chi connectivity index (χ1n) is 7.22. The van der Waals surface area contributed by atoms with E-state index in [1.54, 1.807) is 0 Å². The maximum atomic E-state index is 12.1. The zero-order valence-corrected chi connectivity index (χ0v) is 11.5. The Bertz CT molecular complexity index is 319. The van der Waals surface area contributed by atoms with Crippen LogP contribution in [0.25, 0.3) is 0 Å². The van der Waals surface area contributed by atoms with Crippen molar-refractivity contribution in [2.24, 2.45) is 5.92 Å². The minimum absolute atomic E-state index is 0.0329. The Hall–Kier alpha value is -1.10. The smallest absolute Gasteiger partial charge is 0.329 e. The second-order valence-electron chi connectivity index (χ2n) is 5.49. The number of nitrogens with one attached hydrogen (secondary N) is 1. The molecule has 0 bridgehead atoms. The summed E-state index contributed by atoms with van der Waals surface area (Å²) in [6.07, 6.45) is 6.23. The molecule has 2 rings (SSSR count). The van der Waals surface area contributed by atoms with E-state index >= 15 is 0 Å². The average Bonchev–Trinajstić information content (AvgIpc) is 3.05. The normalized spacial score (nSPS) is 25.2. The lowest BCUT2D eigenvalue weighted by molar-refractivity contribution is -0.152. The molecule has 2 fully saturated rings. The number of carbonyl (C=O) groups excluding carboxylic acids is 2. The Morgan fingerprint density at radius 2 is 2.00 bits per heavy atom. The van der Waals surface area contributed by atoms with Gasteiger partial charge in [-0.1, -0.05) is 12.8 Å². The fourth-order valence-corrected chi connectivity index (χ4v) is 2.92. The SMILES string of the molecule is CC(=O)NC(C(=O)OCC1CCCO1)C1CCCC1. The molecule has 0 aromatic heterocycles. The van der Waals surface area contributed by atoms with Crippen molar-refractivity contribution in [1.29, 1.82) is 0 Å². The number of carbonyl (C=O) groups is 2. The number of rotatable bonds is 5. The van der Waals surface area contributed by atoms with Gasteiger partial charge >= 0.3 is 5.97 Å². The predicted molar refractivity (Wildman–Crippen MR) is 69.5 cm³/mol. The van der Waals surface area contributed by atoms with E-state index in [-0.39, 0.29) is 23.9 Å². The number of ether oxygens (including phenoxy) is 2. The maximum Gasteiger partial charge on any atom is 0.329 e. The van der Waals surface area contributed by atoms with E-state index in [0.717, 1.165) is 45.1 Å². The van der Waals surface area contributed by atoms with Gasteiger partial charge in [0.15, 0.2) is 0 Å². The van der Waals surface area contributed by atoms with Crippen molar-refractivity contribution >= 4 is 11.9 Å². The standard InChI is InChI=1S/C14H23NO4/c1-10(16)15-13(11-5-2-3-6-11)14(17)19-9-12-7-4-8-18-12/h11-13H,2-9H2,1H3,(H,15,16). The largest absolute Gasteiger partial charge is 0.461 e. The van der Waals surface area contributed by atoms with Gasteiger partial charge < -0.3 is 14.8 Å². The zero-order chi connectivity index (χ0) is 13.7. The molecule has 0 spiro atoms. The van der Waals surface area contributed by atoms with Gasteiger partial charge in [0.25, 0.3) is 0 Å². The second-order valence-corrected chi connectivity index (χ2v) is 5.49. The van der Waals surface area contributed by atoms with E-state index in [4.69, 9.17) is 9.47 Å². The topological polar surface area (TPSA) is 64.6 Å². The van der Waals surface area contributed by atoms with E-state index < -0.39 is 6.04 Å². The van der Waals surface area contributed by atoms with Crippen molar-refractivity contribution in [1.82, 2.24) is 5.32 Å². The van der Waals surface area contributed by atoms with Crippen molar-refractivity contribution in [2.75, 3.05) is 13.2 Å². The molecule has 0 radical (unpaired) electrons. The summed E-state index contributed by atoms with van der Waals surface area (Å²) in [5, 5.41) is 2.74. The Morgan fingerprint density at radius 1 is 1.26 bits per heavy atom. The van der Waals surface area contributed by atoms with E-state index in [1.807, 2.05) is 0 Å². The minimum atomic E-state index is -0.485. The summed E-state index contributed by atoms with van der Waals surface area (Å²) in [5.74, 6) is -0.260. The quantitative estimate of drug-likeness (QED) is 0.766. The van der Waals surface area contributed by atoms with E-state index in [9.17, 15) is 9.59 Å². The molecule has 108 valence electrons. The molecule has 1 amide bonds. The highest BCUT2D eigenvalue weighted by molar-refractivity contribution is 5.83. The molecule has 2 unspecified atom stereocenters. The van der Waals surface area contributed by atoms with Gasteiger partial charge in [0.1, 0.15) is 12.6 Å². The van der Waals surface area contributed by atoms with Crippen molar-refractivity contribution in [3.63, 3.8) is 0 Å². The predicted octanol–water partition coefficient (Wildman–Crippen LogP) is 1.40. The molecule has 1 aliphatic carbocycles. The third kappa shape index (κ3) is 4.20. The van der Waals surface area contributed by atoms with Crippen molar-refractivity contribution < 1.29 is 19.1 Å². The third-order valence-electron chi connectivity index (χ3n) is 3.92. The first-order valence-corrected chi connectivity index (χ1v) is 7.22. The maximum absolute atomic E-state index is 12.1. The van der Waals surface area contributed by atoms with Crippen LogP contribution in [0.5, 0.6) is 0 Å². The number of hydrogen-bond donors (Lipinski definition) is 1. The van der Waals surface area contributed by atoms with Crippen LogP contribution in [-0.4, -0.2) is 37.2 Å². The summed E-state index contributed by atoms with van der Waals surface area (Å²) < 4.78 is 10.7. The Labute approximate surface area is 114 Å². The lowest BCUT2D eigenvalue weighted by Crippen LogP contribution is -2.45. The Morgan fingerprint density at radius 3 is 2.58 bits per heavy atom. The summed E-state index contributed by atoms with van der Waals surface area (Å²) in [4.78, 5) is 23.4. The molecular weight excluding hydrogens is 246 g/mol. The first-order chi connectivity index (χ1) is 9.16. The summed E-state index contributed by atoms with van der Waals surface area (Å²) in [6.45, 7) is 2.50. The summed E-state index contributed by atoms with van der Waals surface area (Å²) in [7, 11) is 0. The average molecular weight is 269 g/mol. The number of hydrogen-bond acceptors (Lipinski definition) is 4. The highest BCUT2D eigenvalue weighted by Crippen LogP contribution is 2.28. The lowest BCUT2D eigenvalue weighted by atomic mass is 9.98. The molecule has 2 aliphatic rings. The summed E-state index contributed by atoms with van der Waals surface area (Å²) in [6, 6.07) is -0.485. The van der Waals surface area contributed by atoms with Gasteiger partial charge in [-0.25, -0.2) is 4.79 Å². The molecule has 2 atom stereocenters. The van der Waals surface area contributed by atoms with Crippen LogP contribution in [0, 0.1) is 5.92 Å². The highest BCUT2D eigenvalue weighted by atomic mass is 16.6. The molecule has 1 aliphatic heterocycles. The third-order valence-corrected chi connectivity index (χ3v) is 3.92. The molecular formula is C14H23NO4. The van der Waals surface area contributed by atoms with Crippen LogP contribution in [0.2, 0.25) is 0 Å². The molecule has 1 heterocycles. The van der Waals surface area contributed by atoms with Gasteiger partial charge in [0.05, 0.1) is 6.10 Å². The van der Waals surface area contributed by atoms with E-state index in [0.29, 0.717) is 6.61 Å². The van der Waals surface area contributed by atoms with Gasteiger partial charge in [-0.2, -0.15) is 0 Å². The highest BCUT2D eigenvalue weighted by Gasteiger charge is 2.33. The van der Waals surface area contributed by atoms with Gasteiger partial charge in [-0.15, -0.1) is 0 Å². The number of amides is 1. The molecule has 19 heavy (non-hydrogen) atoms. The van der Waals surface area contributed by atoms with Crippen LogP contribution in [0.1, 0.15) is 45.4 Å². The lowest BCUT2D eigenvalue weighted by Gasteiger charge is -2.23. The van der Waals surface area contributed by atoms with Crippen molar-refractivity contribution in [3.8, 4) is 0 Å².